The third-order valence-electron chi connectivity index (χ3n) is 6.96. The first-order chi connectivity index (χ1) is 20.0. The zero-order valence-electron chi connectivity index (χ0n) is 23.2. The van der Waals surface area contributed by atoms with Crippen molar-refractivity contribution in [1.29, 1.82) is 0 Å². The van der Waals surface area contributed by atoms with Crippen LogP contribution in [0.4, 0.5) is 0 Å². The molecule has 0 aliphatic rings. The highest BCUT2D eigenvalue weighted by atomic mass is 32.1. The van der Waals surface area contributed by atoms with Gasteiger partial charge in [0, 0.05) is 29.3 Å². The van der Waals surface area contributed by atoms with E-state index in [0.717, 1.165) is 30.4 Å². The van der Waals surface area contributed by atoms with E-state index in [-0.39, 0.29) is 18.1 Å². The van der Waals surface area contributed by atoms with Crippen LogP contribution in [0.1, 0.15) is 62.2 Å². The van der Waals surface area contributed by atoms with Crippen molar-refractivity contribution in [3.05, 3.63) is 129 Å². The van der Waals surface area contributed by atoms with Crippen LogP contribution in [-0.2, 0) is 35.5 Å². The Morgan fingerprint density at radius 1 is 0.756 bits per heavy atom. The fourth-order valence-electron chi connectivity index (χ4n) is 4.74. The number of rotatable bonds is 17. The molecule has 7 heteroatoms. The maximum absolute atomic E-state index is 11.3. The van der Waals surface area contributed by atoms with E-state index in [4.69, 9.17) is 9.84 Å². The molecule has 0 bridgehead atoms. The van der Waals surface area contributed by atoms with Crippen molar-refractivity contribution < 1.29 is 24.5 Å². The minimum atomic E-state index is -0.948. The van der Waals surface area contributed by atoms with Gasteiger partial charge in [-0.25, -0.2) is 4.79 Å². The van der Waals surface area contributed by atoms with Crippen LogP contribution in [0, 0.1) is 0 Å². The normalized spacial score (nSPS) is 11.9. The number of unbranched alkanes of at least 4 members (excludes halogenated alkanes) is 1. The largest absolute Gasteiger partial charge is 0.481 e. The Bertz CT molecular complexity index is 1350. The van der Waals surface area contributed by atoms with E-state index in [1.54, 1.807) is 23.5 Å². The first-order valence-electron chi connectivity index (χ1n) is 14.0. The van der Waals surface area contributed by atoms with E-state index in [9.17, 15) is 14.7 Å². The van der Waals surface area contributed by atoms with E-state index in [1.807, 2.05) is 36.4 Å². The third kappa shape index (κ3) is 10.3. The standard InChI is InChI=1S/C34H37NO5S/c36-33(37)13-7-8-22-35(23-27-14-17-29(18-15-27)34(38)39)24-32(28-11-5-2-6-12-28)40-25-31-21-20-30(41-31)19-16-26-9-3-1-4-10-26/h1-6,9-12,14-15,17-18,20-21,32H,7-8,13,16,19,22-25H2,(H,36,37)(H,38,39). The lowest BCUT2D eigenvalue weighted by atomic mass is 10.1. The summed E-state index contributed by atoms with van der Waals surface area (Å²) < 4.78 is 6.55. The van der Waals surface area contributed by atoms with E-state index < -0.39 is 11.9 Å². The number of carboxylic acids is 2. The number of aryl methyl sites for hydroxylation is 2. The molecule has 0 aliphatic heterocycles. The molecule has 214 valence electrons. The molecule has 4 rings (SSSR count). The summed E-state index contributed by atoms with van der Waals surface area (Å²) in [4.78, 5) is 27.1. The number of ether oxygens (including phenoxy) is 1. The highest BCUT2D eigenvalue weighted by Crippen LogP contribution is 2.25. The molecule has 1 aromatic heterocycles. The van der Waals surface area contributed by atoms with Crippen LogP contribution in [0.3, 0.4) is 0 Å². The summed E-state index contributed by atoms with van der Waals surface area (Å²) in [7, 11) is 0. The molecule has 0 spiro atoms. The number of thiophene rings is 1. The number of carboxylic acid groups (broad SMARTS) is 2. The zero-order chi connectivity index (χ0) is 28.9. The maximum atomic E-state index is 11.3. The first-order valence-corrected chi connectivity index (χ1v) is 14.8. The lowest BCUT2D eigenvalue weighted by molar-refractivity contribution is -0.137. The van der Waals surface area contributed by atoms with Gasteiger partial charge in [-0.1, -0.05) is 72.8 Å². The predicted octanol–water partition coefficient (Wildman–Crippen LogP) is 7.25. The molecule has 0 fully saturated rings. The van der Waals surface area contributed by atoms with E-state index in [0.29, 0.717) is 32.7 Å². The monoisotopic (exact) mass is 571 g/mol. The summed E-state index contributed by atoms with van der Waals surface area (Å²) in [6, 6.07) is 32.0. The molecule has 6 nitrogen and oxygen atoms in total. The van der Waals surface area contributed by atoms with Crippen molar-refractivity contribution in [2.75, 3.05) is 13.1 Å². The van der Waals surface area contributed by atoms with E-state index in [2.05, 4.69) is 53.4 Å². The van der Waals surface area contributed by atoms with Crippen molar-refractivity contribution in [1.82, 2.24) is 4.90 Å². The van der Waals surface area contributed by atoms with Gasteiger partial charge in [-0.15, -0.1) is 11.3 Å². The Morgan fingerprint density at radius 3 is 2.12 bits per heavy atom. The minimum Gasteiger partial charge on any atom is -0.481 e. The van der Waals surface area contributed by atoms with Crippen LogP contribution < -0.4 is 0 Å². The molecular weight excluding hydrogens is 534 g/mol. The molecule has 0 amide bonds. The number of hydrogen-bond donors (Lipinski definition) is 2. The molecule has 1 unspecified atom stereocenters. The minimum absolute atomic E-state index is 0.144. The smallest absolute Gasteiger partial charge is 0.335 e. The van der Waals surface area contributed by atoms with Gasteiger partial charge in [0.2, 0.25) is 0 Å². The number of hydrogen-bond acceptors (Lipinski definition) is 5. The molecule has 0 saturated heterocycles. The van der Waals surface area contributed by atoms with Crippen LogP contribution in [0.25, 0.3) is 0 Å². The van der Waals surface area contributed by atoms with Gasteiger partial charge in [0.15, 0.2) is 0 Å². The Hall–Kier alpha value is -3.78. The van der Waals surface area contributed by atoms with Gasteiger partial charge >= 0.3 is 11.9 Å². The van der Waals surface area contributed by atoms with Crippen molar-refractivity contribution in [2.45, 2.75) is 51.4 Å². The van der Waals surface area contributed by atoms with Crippen molar-refractivity contribution in [3.8, 4) is 0 Å². The maximum Gasteiger partial charge on any atom is 0.335 e. The summed E-state index contributed by atoms with van der Waals surface area (Å²) in [5.41, 5.74) is 3.68. The topological polar surface area (TPSA) is 87.1 Å². The SMILES string of the molecule is O=C(O)CCCCN(Cc1ccc(C(=O)O)cc1)CC(OCc1ccc(CCc2ccccc2)s1)c1ccccc1. The number of carbonyl (C=O) groups is 2. The first kappa shape index (κ1) is 30.2. The van der Waals surface area contributed by atoms with Gasteiger partial charge < -0.3 is 14.9 Å². The fourth-order valence-corrected chi connectivity index (χ4v) is 5.68. The molecule has 1 atom stereocenters. The number of nitrogens with zero attached hydrogens (tertiary/aromatic N) is 1. The summed E-state index contributed by atoms with van der Waals surface area (Å²) in [5, 5.41) is 18.3. The highest BCUT2D eigenvalue weighted by molar-refractivity contribution is 7.11. The van der Waals surface area contributed by atoms with Crippen LogP contribution >= 0.6 is 11.3 Å². The second kappa shape index (κ2) is 15.9. The van der Waals surface area contributed by atoms with Gasteiger partial charge in [0.05, 0.1) is 18.3 Å². The number of aromatic carboxylic acids is 1. The fraction of sp³-hybridized carbons (Fsp3) is 0.294. The van der Waals surface area contributed by atoms with Crippen molar-refractivity contribution in [2.24, 2.45) is 0 Å². The quantitative estimate of drug-likeness (QED) is 0.130. The third-order valence-corrected chi connectivity index (χ3v) is 8.08. The lowest BCUT2D eigenvalue weighted by Gasteiger charge is -2.28. The van der Waals surface area contributed by atoms with Crippen molar-refractivity contribution in [3.63, 3.8) is 0 Å². The molecule has 0 aliphatic carbocycles. The van der Waals surface area contributed by atoms with E-state index in [1.165, 1.54) is 15.3 Å². The Morgan fingerprint density at radius 2 is 1.44 bits per heavy atom. The average molecular weight is 572 g/mol. The average Bonchev–Trinajstić information content (AvgIpc) is 3.45. The molecule has 2 N–H and O–H groups in total. The number of aliphatic carboxylic acids is 1. The molecule has 4 aromatic rings. The van der Waals surface area contributed by atoms with Gasteiger partial charge in [0.1, 0.15) is 0 Å². The van der Waals surface area contributed by atoms with E-state index >= 15 is 0 Å². The molecule has 0 radical (unpaired) electrons. The van der Waals surface area contributed by atoms with Gasteiger partial charge in [-0.3, -0.25) is 9.69 Å². The van der Waals surface area contributed by atoms with Gasteiger partial charge in [-0.2, -0.15) is 0 Å². The highest BCUT2D eigenvalue weighted by Gasteiger charge is 2.18. The lowest BCUT2D eigenvalue weighted by Crippen LogP contribution is -2.30. The van der Waals surface area contributed by atoms with Gasteiger partial charge in [0.25, 0.3) is 0 Å². The second-order valence-corrected chi connectivity index (χ2v) is 11.4. The summed E-state index contributed by atoms with van der Waals surface area (Å²) >= 11 is 1.79. The Kier molecular flexibility index (Phi) is 11.7. The van der Waals surface area contributed by atoms with Crippen LogP contribution in [0.15, 0.2) is 97.1 Å². The molecule has 41 heavy (non-hydrogen) atoms. The molecule has 1 heterocycles. The van der Waals surface area contributed by atoms with Gasteiger partial charge in [-0.05, 0) is 73.2 Å². The van der Waals surface area contributed by atoms with Crippen LogP contribution in [-0.4, -0.2) is 40.1 Å². The Labute approximate surface area is 245 Å². The summed E-state index contributed by atoms with van der Waals surface area (Å²) in [6.45, 7) is 2.46. The summed E-state index contributed by atoms with van der Waals surface area (Å²) in [5.74, 6) is -1.73. The molecular formula is C34H37NO5S. The summed E-state index contributed by atoms with van der Waals surface area (Å²) in [6.07, 6.45) is 3.33. The zero-order valence-corrected chi connectivity index (χ0v) is 24.0. The predicted molar refractivity (Wildman–Crippen MR) is 162 cm³/mol. The van der Waals surface area contributed by atoms with Crippen LogP contribution in [0.2, 0.25) is 0 Å². The Balaban J connectivity index is 1.42. The number of benzene rings is 3. The molecule has 3 aromatic carbocycles. The second-order valence-electron chi connectivity index (χ2n) is 10.2. The molecule has 0 saturated carbocycles. The van der Waals surface area contributed by atoms with Crippen molar-refractivity contribution >= 4 is 23.3 Å². The van der Waals surface area contributed by atoms with Crippen LogP contribution in [0.5, 0.6) is 0 Å².